The summed E-state index contributed by atoms with van der Waals surface area (Å²) in [6, 6.07) is 0. The molecule has 0 saturated carbocycles. The molecule has 100 valence electrons. The summed E-state index contributed by atoms with van der Waals surface area (Å²) in [6.45, 7) is 7.49. The molecule has 1 aromatic rings. The van der Waals surface area contributed by atoms with E-state index in [1.54, 1.807) is 10.9 Å². The lowest BCUT2D eigenvalue weighted by Gasteiger charge is -2.50. The Morgan fingerprint density at radius 3 is 2.67 bits per heavy atom. The zero-order valence-electron chi connectivity index (χ0n) is 11.6. The van der Waals surface area contributed by atoms with Crippen molar-refractivity contribution in [1.29, 1.82) is 0 Å². The van der Waals surface area contributed by atoms with Crippen molar-refractivity contribution >= 4 is 5.91 Å². The monoisotopic (exact) mass is 250 g/mol. The quantitative estimate of drug-likeness (QED) is 0.862. The van der Waals surface area contributed by atoms with E-state index >= 15 is 0 Å². The Hall–Kier alpha value is -1.36. The summed E-state index contributed by atoms with van der Waals surface area (Å²) in [5.74, 6) is 0.447. The van der Waals surface area contributed by atoms with Gasteiger partial charge in [0.15, 0.2) is 0 Å². The van der Waals surface area contributed by atoms with E-state index in [0.29, 0.717) is 24.6 Å². The molecule has 0 spiro atoms. The molecule has 18 heavy (non-hydrogen) atoms. The highest BCUT2D eigenvalue weighted by Gasteiger charge is 2.44. The fraction of sp³-hybridized carbons (Fsp3) is 0.692. The van der Waals surface area contributed by atoms with Crippen LogP contribution in [0.4, 0.5) is 0 Å². The van der Waals surface area contributed by atoms with Crippen LogP contribution in [0.3, 0.4) is 0 Å². The Bertz CT molecular complexity index is 458. The molecular formula is C13H22N4O. The largest absolute Gasteiger partial charge is 0.335 e. The summed E-state index contributed by atoms with van der Waals surface area (Å²) < 4.78 is 1.70. The van der Waals surface area contributed by atoms with Gasteiger partial charge in [0.1, 0.15) is 0 Å². The number of hydrogen-bond acceptors (Lipinski definition) is 3. The molecule has 0 aliphatic carbocycles. The SMILES string of the molecule is CCc1nn(C)cc1C(=O)N1CC(N)(C(C)C)C1. The van der Waals surface area contributed by atoms with Crippen LogP contribution in [0.1, 0.15) is 36.8 Å². The summed E-state index contributed by atoms with van der Waals surface area (Å²) in [5, 5.41) is 4.30. The Morgan fingerprint density at radius 2 is 2.17 bits per heavy atom. The number of carbonyl (C=O) groups is 1. The van der Waals surface area contributed by atoms with Gasteiger partial charge in [-0.05, 0) is 12.3 Å². The second-order valence-corrected chi connectivity index (χ2v) is 5.57. The van der Waals surface area contributed by atoms with Gasteiger partial charge in [0, 0.05) is 26.3 Å². The molecular weight excluding hydrogens is 228 g/mol. The lowest BCUT2D eigenvalue weighted by molar-refractivity contribution is 0.0274. The maximum Gasteiger partial charge on any atom is 0.257 e. The van der Waals surface area contributed by atoms with Gasteiger partial charge in [-0.2, -0.15) is 5.10 Å². The van der Waals surface area contributed by atoms with Crippen molar-refractivity contribution in [2.24, 2.45) is 18.7 Å². The lowest BCUT2D eigenvalue weighted by Crippen LogP contribution is -2.71. The first-order valence-corrected chi connectivity index (χ1v) is 6.48. The molecule has 2 heterocycles. The van der Waals surface area contributed by atoms with Gasteiger partial charge >= 0.3 is 0 Å². The molecule has 2 rings (SSSR count). The van der Waals surface area contributed by atoms with E-state index in [1.165, 1.54) is 0 Å². The average molecular weight is 250 g/mol. The van der Waals surface area contributed by atoms with Crippen LogP contribution in [-0.4, -0.2) is 39.2 Å². The zero-order chi connectivity index (χ0) is 13.5. The summed E-state index contributed by atoms with van der Waals surface area (Å²) in [7, 11) is 1.84. The average Bonchev–Trinajstić information content (AvgIpc) is 2.65. The summed E-state index contributed by atoms with van der Waals surface area (Å²) in [5.41, 5.74) is 7.57. The third kappa shape index (κ3) is 2.03. The zero-order valence-corrected chi connectivity index (χ0v) is 11.6. The first-order chi connectivity index (χ1) is 8.37. The van der Waals surface area contributed by atoms with Crippen molar-refractivity contribution < 1.29 is 4.79 Å². The van der Waals surface area contributed by atoms with Gasteiger partial charge in [0.2, 0.25) is 0 Å². The highest BCUT2D eigenvalue weighted by Crippen LogP contribution is 2.28. The normalized spacial score (nSPS) is 18.0. The summed E-state index contributed by atoms with van der Waals surface area (Å²) in [4.78, 5) is 14.2. The van der Waals surface area contributed by atoms with Crippen LogP contribution in [-0.2, 0) is 13.5 Å². The van der Waals surface area contributed by atoms with Gasteiger partial charge in [-0.1, -0.05) is 20.8 Å². The molecule has 1 amide bonds. The van der Waals surface area contributed by atoms with Crippen molar-refractivity contribution in [2.75, 3.05) is 13.1 Å². The number of rotatable bonds is 3. The molecule has 1 saturated heterocycles. The molecule has 1 aromatic heterocycles. The number of likely N-dealkylation sites (tertiary alicyclic amines) is 1. The van der Waals surface area contributed by atoms with Gasteiger partial charge in [-0.15, -0.1) is 0 Å². The highest BCUT2D eigenvalue weighted by atomic mass is 16.2. The predicted octanol–water partition coefficient (Wildman–Crippen LogP) is 0.792. The van der Waals surface area contributed by atoms with Crippen LogP contribution in [0.15, 0.2) is 6.20 Å². The first kappa shape index (κ1) is 13.1. The minimum absolute atomic E-state index is 0.0571. The Balaban J connectivity index is 2.10. The Labute approximate surface area is 108 Å². The number of hydrogen-bond donors (Lipinski definition) is 1. The molecule has 2 N–H and O–H groups in total. The number of carbonyl (C=O) groups excluding carboxylic acids is 1. The number of nitrogens with two attached hydrogens (primary N) is 1. The molecule has 0 aromatic carbocycles. The van der Waals surface area contributed by atoms with Crippen molar-refractivity contribution in [3.05, 3.63) is 17.5 Å². The number of amides is 1. The fourth-order valence-electron chi connectivity index (χ4n) is 2.32. The van der Waals surface area contributed by atoms with Crippen molar-refractivity contribution in [1.82, 2.24) is 14.7 Å². The van der Waals surface area contributed by atoms with Crippen molar-refractivity contribution in [3.8, 4) is 0 Å². The lowest BCUT2D eigenvalue weighted by atomic mass is 9.80. The second kappa shape index (κ2) is 4.39. The minimum Gasteiger partial charge on any atom is -0.335 e. The van der Waals surface area contributed by atoms with E-state index in [9.17, 15) is 4.79 Å². The van der Waals surface area contributed by atoms with Crippen LogP contribution in [0.25, 0.3) is 0 Å². The molecule has 1 aliphatic heterocycles. The third-order valence-electron chi connectivity index (χ3n) is 3.88. The molecule has 1 aliphatic rings. The predicted molar refractivity (Wildman–Crippen MR) is 70.2 cm³/mol. The van der Waals surface area contributed by atoms with Gasteiger partial charge < -0.3 is 10.6 Å². The third-order valence-corrected chi connectivity index (χ3v) is 3.88. The van der Waals surface area contributed by atoms with Gasteiger partial charge in [-0.3, -0.25) is 9.48 Å². The maximum absolute atomic E-state index is 12.3. The van der Waals surface area contributed by atoms with Crippen LogP contribution in [0.5, 0.6) is 0 Å². The summed E-state index contributed by atoms with van der Waals surface area (Å²) >= 11 is 0. The maximum atomic E-state index is 12.3. The molecule has 0 atom stereocenters. The molecule has 5 nitrogen and oxygen atoms in total. The smallest absolute Gasteiger partial charge is 0.257 e. The Morgan fingerprint density at radius 1 is 1.56 bits per heavy atom. The van der Waals surface area contributed by atoms with E-state index in [0.717, 1.165) is 12.1 Å². The molecule has 1 fully saturated rings. The van der Waals surface area contributed by atoms with Crippen molar-refractivity contribution in [3.63, 3.8) is 0 Å². The van der Waals surface area contributed by atoms with Gasteiger partial charge in [0.25, 0.3) is 5.91 Å². The molecule has 5 heteroatoms. The molecule has 0 unspecified atom stereocenters. The van der Waals surface area contributed by atoms with Crippen LogP contribution < -0.4 is 5.73 Å². The molecule has 0 bridgehead atoms. The Kier molecular flexibility index (Phi) is 3.19. The van der Waals surface area contributed by atoms with Crippen molar-refractivity contribution in [2.45, 2.75) is 32.7 Å². The van der Waals surface area contributed by atoms with E-state index in [-0.39, 0.29) is 11.4 Å². The molecule has 0 radical (unpaired) electrons. The van der Waals surface area contributed by atoms with E-state index in [4.69, 9.17) is 5.73 Å². The van der Waals surface area contributed by atoms with Gasteiger partial charge in [0.05, 0.1) is 16.8 Å². The van der Waals surface area contributed by atoms with Crippen LogP contribution in [0, 0.1) is 5.92 Å². The van der Waals surface area contributed by atoms with Crippen LogP contribution >= 0.6 is 0 Å². The van der Waals surface area contributed by atoms with Crippen LogP contribution in [0.2, 0.25) is 0 Å². The highest BCUT2D eigenvalue weighted by molar-refractivity contribution is 5.95. The second-order valence-electron chi connectivity index (χ2n) is 5.57. The first-order valence-electron chi connectivity index (χ1n) is 6.48. The summed E-state index contributed by atoms with van der Waals surface area (Å²) in [6.07, 6.45) is 2.57. The topological polar surface area (TPSA) is 64.2 Å². The van der Waals surface area contributed by atoms with Gasteiger partial charge in [-0.25, -0.2) is 0 Å². The number of nitrogens with zero attached hydrogens (tertiary/aromatic N) is 3. The van der Waals surface area contributed by atoms with E-state index in [2.05, 4.69) is 18.9 Å². The number of aryl methyl sites for hydroxylation is 2. The number of aromatic nitrogens is 2. The fourth-order valence-corrected chi connectivity index (χ4v) is 2.32. The van der Waals surface area contributed by atoms with E-state index < -0.39 is 0 Å². The standard InChI is InChI=1S/C13H22N4O/c1-5-11-10(6-16(4)15-11)12(18)17-7-13(14,8-17)9(2)3/h6,9H,5,7-8,14H2,1-4H3. The minimum atomic E-state index is -0.218. The van der Waals surface area contributed by atoms with E-state index in [1.807, 2.05) is 18.9 Å².